The topological polar surface area (TPSA) is 98.7 Å². The number of hydrogen-bond acceptors (Lipinski definition) is 6. The van der Waals surface area contributed by atoms with Gasteiger partial charge in [-0.2, -0.15) is 0 Å². The molecule has 1 aliphatic heterocycles. The Hall–Kier alpha value is -1.83. The third-order valence-corrected chi connectivity index (χ3v) is 4.11. The summed E-state index contributed by atoms with van der Waals surface area (Å²) in [6, 6.07) is 6.85. The molecule has 1 aliphatic rings. The molecule has 0 bridgehead atoms. The smallest absolute Gasteiger partial charge is 0.293 e. The molecular weight excluding hydrogens is 302 g/mol. The molecule has 1 fully saturated rings. The first-order valence-electron chi connectivity index (χ1n) is 7.00. The molecule has 22 heavy (non-hydrogen) atoms. The number of ether oxygens (including phenoxy) is 1. The maximum atomic E-state index is 12.3. The Morgan fingerprint density at radius 1 is 1.23 bits per heavy atom. The summed E-state index contributed by atoms with van der Waals surface area (Å²) in [6.07, 6.45) is 1.69. The van der Waals surface area contributed by atoms with Crippen LogP contribution in [-0.4, -0.2) is 41.8 Å². The van der Waals surface area contributed by atoms with Crippen molar-refractivity contribution in [3.8, 4) is 5.75 Å². The fraction of sp³-hybridized carbons (Fsp3) is 0.333. The first kappa shape index (κ1) is 16.5. The number of hydrogen-bond donors (Lipinski definition) is 2. The molecule has 7 heteroatoms. The molecule has 118 valence electrons. The van der Waals surface area contributed by atoms with E-state index in [9.17, 15) is 9.59 Å². The molecule has 2 amide bonds. The van der Waals surface area contributed by atoms with Crippen LogP contribution in [0.1, 0.15) is 12.5 Å². The largest absolute Gasteiger partial charge is 0.494 e. The van der Waals surface area contributed by atoms with Crippen molar-refractivity contribution < 1.29 is 14.3 Å². The summed E-state index contributed by atoms with van der Waals surface area (Å²) in [5, 5.41) is -0.330. The lowest BCUT2D eigenvalue weighted by molar-refractivity contribution is -0.124. The molecule has 4 N–H and O–H groups in total. The van der Waals surface area contributed by atoms with Crippen LogP contribution in [-0.2, 0) is 4.79 Å². The van der Waals surface area contributed by atoms with E-state index in [1.165, 1.54) is 0 Å². The lowest BCUT2D eigenvalue weighted by Gasteiger charge is -2.21. The average molecular weight is 321 g/mol. The molecule has 1 heterocycles. The Kier molecular flexibility index (Phi) is 5.59. The van der Waals surface area contributed by atoms with Gasteiger partial charge in [-0.15, -0.1) is 0 Å². The van der Waals surface area contributed by atoms with E-state index in [4.69, 9.17) is 16.2 Å². The van der Waals surface area contributed by atoms with Gasteiger partial charge in [-0.25, -0.2) is 0 Å². The van der Waals surface area contributed by atoms with Crippen LogP contribution in [0.15, 0.2) is 29.2 Å². The van der Waals surface area contributed by atoms with Crippen molar-refractivity contribution in [2.24, 2.45) is 11.5 Å². The molecule has 2 rings (SSSR count). The Bertz CT molecular complexity index is 582. The first-order valence-corrected chi connectivity index (χ1v) is 7.82. The van der Waals surface area contributed by atoms with Gasteiger partial charge in [0, 0.05) is 13.1 Å². The van der Waals surface area contributed by atoms with Gasteiger partial charge in [-0.05, 0) is 42.5 Å². The summed E-state index contributed by atoms with van der Waals surface area (Å²) in [5.41, 5.74) is 11.9. The van der Waals surface area contributed by atoms with Gasteiger partial charge in [-0.1, -0.05) is 12.1 Å². The third kappa shape index (κ3) is 3.49. The van der Waals surface area contributed by atoms with Gasteiger partial charge >= 0.3 is 0 Å². The van der Waals surface area contributed by atoms with Crippen molar-refractivity contribution in [2.75, 3.05) is 19.7 Å². The zero-order valence-electron chi connectivity index (χ0n) is 12.3. The van der Waals surface area contributed by atoms with Crippen molar-refractivity contribution in [2.45, 2.75) is 13.0 Å². The maximum Gasteiger partial charge on any atom is 0.293 e. The molecule has 6 nitrogen and oxygen atoms in total. The average Bonchev–Trinajstić information content (AvgIpc) is 2.79. The van der Waals surface area contributed by atoms with Crippen LogP contribution in [0.5, 0.6) is 5.75 Å². The predicted octanol–water partition coefficient (Wildman–Crippen LogP) is 1.41. The minimum absolute atomic E-state index is 0.158. The SMILES string of the molecule is CCOc1ccc(/C=C2\SC(=O)N(C(CN)CN)C2=O)cc1. The van der Waals surface area contributed by atoms with Crippen molar-refractivity contribution in [3.05, 3.63) is 34.7 Å². The summed E-state index contributed by atoms with van der Waals surface area (Å²) in [4.78, 5) is 25.8. The normalized spacial score (nSPS) is 16.9. The molecule has 0 unspecified atom stereocenters. The monoisotopic (exact) mass is 321 g/mol. The summed E-state index contributed by atoms with van der Waals surface area (Å²) in [5.74, 6) is 0.420. The van der Waals surface area contributed by atoms with Crippen LogP contribution in [0.25, 0.3) is 6.08 Å². The van der Waals surface area contributed by atoms with Crippen LogP contribution >= 0.6 is 11.8 Å². The van der Waals surface area contributed by atoms with E-state index < -0.39 is 6.04 Å². The number of imide groups is 1. The van der Waals surface area contributed by atoms with E-state index in [1.807, 2.05) is 31.2 Å². The molecule has 1 aromatic rings. The number of carbonyl (C=O) groups is 2. The lowest BCUT2D eigenvalue weighted by Crippen LogP contribution is -2.47. The predicted molar refractivity (Wildman–Crippen MR) is 87.3 cm³/mol. The fourth-order valence-corrected chi connectivity index (χ4v) is 2.98. The quantitative estimate of drug-likeness (QED) is 0.769. The number of nitrogens with two attached hydrogens (primary N) is 2. The number of rotatable bonds is 6. The number of amides is 2. The Balaban J connectivity index is 2.19. The molecule has 1 aromatic carbocycles. The minimum Gasteiger partial charge on any atom is -0.494 e. The molecule has 0 radical (unpaired) electrons. The van der Waals surface area contributed by atoms with Crippen LogP contribution in [0, 0.1) is 0 Å². The highest BCUT2D eigenvalue weighted by Gasteiger charge is 2.38. The lowest BCUT2D eigenvalue weighted by atomic mass is 10.2. The van der Waals surface area contributed by atoms with Crippen LogP contribution in [0.3, 0.4) is 0 Å². The summed E-state index contributed by atoms with van der Waals surface area (Å²) in [6.45, 7) is 2.82. The second-order valence-electron chi connectivity index (χ2n) is 4.68. The highest BCUT2D eigenvalue weighted by atomic mass is 32.2. The summed E-state index contributed by atoms with van der Waals surface area (Å²) < 4.78 is 5.36. The second kappa shape index (κ2) is 7.44. The van der Waals surface area contributed by atoms with E-state index in [2.05, 4.69) is 0 Å². The molecule has 0 spiro atoms. The van der Waals surface area contributed by atoms with Gasteiger partial charge in [0.25, 0.3) is 11.1 Å². The van der Waals surface area contributed by atoms with Crippen LogP contribution in [0.4, 0.5) is 4.79 Å². The van der Waals surface area contributed by atoms with Gasteiger partial charge in [-0.3, -0.25) is 14.5 Å². The Morgan fingerprint density at radius 3 is 2.41 bits per heavy atom. The number of thioether (sulfide) groups is 1. The molecule has 1 saturated heterocycles. The van der Waals surface area contributed by atoms with E-state index in [-0.39, 0.29) is 24.2 Å². The Labute approximate surface area is 133 Å². The zero-order valence-corrected chi connectivity index (χ0v) is 13.1. The van der Waals surface area contributed by atoms with E-state index in [0.717, 1.165) is 28.0 Å². The third-order valence-electron chi connectivity index (χ3n) is 3.22. The highest BCUT2D eigenvalue weighted by Crippen LogP contribution is 2.33. The van der Waals surface area contributed by atoms with E-state index >= 15 is 0 Å². The molecule has 0 saturated carbocycles. The van der Waals surface area contributed by atoms with Gasteiger partial charge in [0.1, 0.15) is 5.75 Å². The second-order valence-corrected chi connectivity index (χ2v) is 5.67. The highest BCUT2D eigenvalue weighted by molar-refractivity contribution is 8.18. The van der Waals surface area contributed by atoms with Gasteiger partial charge in [0.2, 0.25) is 0 Å². The molecule has 0 aromatic heterocycles. The van der Waals surface area contributed by atoms with Crippen molar-refractivity contribution in [1.82, 2.24) is 4.90 Å². The number of nitrogens with zero attached hydrogens (tertiary/aromatic N) is 1. The number of benzene rings is 1. The zero-order chi connectivity index (χ0) is 16.1. The number of carbonyl (C=O) groups excluding carboxylic acids is 2. The molecule has 0 atom stereocenters. The van der Waals surface area contributed by atoms with E-state index in [1.54, 1.807) is 6.08 Å². The van der Waals surface area contributed by atoms with Crippen molar-refractivity contribution in [3.63, 3.8) is 0 Å². The Morgan fingerprint density at radius 2 is 1.86 bits per heavy atom. The molecule has 0 aliphatic carbocycles. The van der Waals surface area contributed by atoms with Crippen LogP contribution in [0.2, 0.25) is 0 Å². The summed E-state index contributed by atoms with van der Waals surface area (Å²) >= 11 is 0.906. The van der Waals surface area contributed by atoms with Gasteiger partial charge in [0.15, 0.2) is 0 Å². The van der Waals surface area contributed by atoms with Crippen molar-refractivity contribution in [1.29, 1.82) is 0 Å². The first-order chi connectivity index (χ1) is 10.6. The van der Waals surface area contributed by atoms with Crippen LogP contribution < -0.4 is 16.2 Å². The minimum atomic E-state index is -0.460. The van der Waals surface area contributed by atoms with Gasteiger partial charge < -0.3 is 16.2 Å². The maximum absolute atomic E-state index is 12.3. The summed E-state index contributed by atoms with van der Waals surface area (Å²) in [7, 11) is 0. The standard InChI is InChI=1S/C15H19N3O3S/c1-2-21-12-5-3-10(4-6-12)7-13-14(19)18(15(20)22-13)11(8-16)9-17/h3-7,11H,2,8-9,16-17H2,1H3/b13-7-. The van der Waals surface area contributed by atoms with Crippen molar-refractivity contribution >= 4 is 29.0 Å². The van der Waals surface area contributed by atoms with Gasteiger partial charge in [0.05, 0.1) is 17.6 Å². The molecular formula is C15H19N3O3S. The van der Waals surface area contributed by atoms with E-state index in [0.29, 0.717) is 11.5 Å². The fourth-order valence-electron chi connectivity index (χ4n) is 2.08.